The minimum absolute atomic E-state index is 0.0543. The van der Waals surface area contributed by atoms with Crippen LogP contribution in [0.5, 0.6) is 0 Å². The van der Waals surface area contributed by atoms with Crippen molar-refractivity contribution in [2.45, 2.75) is 33.2 Å². The molecule has 1 aromatic carbocycles. The molecule has 0 spiro atoms. The molecule has 0 atom stereocenters. The van der Waals surface area contributed by atoms with Gasteiger partial charge in [0, 0.05) is 56.9 Å². The van der Waals surface area contributed by atoms with Crippen LogP contribution in [-0.4, -0.2) is 63.5 Å². The summed E-state index contributed by atoms with van der Waals surface area (Å²) in [7, 11) is 0. The van der Waals surface area contributed by atoms with Crippen LogP contribution < -0.4 is 15.4 Å². The molecule has 2 aliphatic rings. The molecule has 38 heavy (non-hydrogen) atoms. The van der Waals surface area contributed by atoms with Crippen LogP contribution in [0.15, 0.2) is 40.0 Å². The predicted molar refractivity (Wildman–Crippen MR) is 153 cm³/mol. The van der Waals surface area contributed by atoms with Crippen LogP contribution in [-0.2, 0) is 16.1 Å². The number of para-hydroxylation sites is 1. The number of thiocarbonyl (C=S) groups is 1. The normalized spacial score (nSPS) is 16.9. The molecule has 2 saturated heterocycles. The molecule has 0 saturated carbocycles. The van der Waals surface area contributed by atoms with Crippen molar-refractivity contribution in [3.8, 4) is 6.07 Å². The molecule has 11 heteroatoms. The van der Waals surface area contributed by atoms with Crippen LogP contribution in [0, 0.1) is 18.3 Å². The number of pyridine rings is 1. The third-order valence-electron chi connectivity index (χ3n) is 6.78. The number of amides is 1. The van der Waals surface area contributed by atoms with Crippen molar-refractivity contribution < 1.29 is 14.7 Å². The quantitative estimate of drug-likeness (QED) is 0.390. The summed E-state index contributed by atoms with van der Waals surface area (Å²) in [6.45, 7) is 7.04. The summed E-state index contributed by atoms with van der Waals surface area (Å²) in [6.07, 6.45) is 1.98. The molecule has 0 radical (unpaired) electrons. The third kappa shape index (κ3) is 5.47. The number of hydrogen-bond donors (Lipinski definition) is 1. The fourth-order valence-electron chi connectivity index (χ4n) is 4.81. The number of rotatable bonds is 8. The minimum atomic E-state index is -0.926. The Bertz CT molecular complexity index is 1390. The smallest absolute Gasteiger partial charge is 0.303 e. The van der Waals surface area contributed by atoms with Gasteiger partial charge in [0.1, 0.15) is 21.8 Å². The van der Waals surface area contributed by atoms with Gasteiger partial charge >= 0.3 is 5.97 Å². The molecular formula is C27H29N5O4S2. The van der Waals surface area contributed by atoms with E-state index >= 15 is 0 Å². The van der Waals surface area contributed by atoms with Gasteiger partial charge in [-0.1, -0.05) is 42.2 Å². The van der Waals surface area contributed by atoms with Crippen molar-refractivity contribution in [3.63, 3.8) is 0 Å². The molecule has 1 N–H and O–H groups in total. The van der Waals surface area contributed by atoms with E-state index < -0.39 is 5.97 Å². The van der Waals surface area contributed by atoms with Crippen molar-refractivity contribution in [2.24, 2.45) is 0 Å². The van der Waals surface area contributed by atoms with Gasteiger partial charge in [-0.25, -0.2) is 0 Å². The number of carboxylic acid groups (broad SMARTS) is 1. The number of hydrogen-bond acceptors (Lipinski definition) is 8. The average Bonchev–Trinajstić information content (AvgIpc) is 3.18. The van der Waals surface area contributed by atoms with Crippen molar-refractivity contribution in [1.82, 2.24) is 9.47 Å². The summed E-state index contributed by atoms with van der Waals surface area (Å²) >= 11 is 6.57. The highest BCUT2D eigenvalue weighted by molar-refractivity contribution is 8.26. The van der Waals surface area contributed by atoms with Crippen LogP contribution in [0.25, 0.3) is 6.08 Å². The number of carbonyl (C=O) groups excluding carboxylic acids is 1. The standard InChI is InChI=1S/C27H29N5O4S2/c1-3-31-24(30-14-12-29(13-15-30)19-8-5-4-6-9-19)20(18(2)21(17-28)25(31)35)16-22-26(36)32(27(37)38-22)11-7-10-23(33)34/h4-6,8-9,16H,3,7,10-15H2,1-2H3,(H,33,34)/b22-16-. The number of aliphatic carboxylic acids is 1. The number of piperazine rings is 1. The van der Waals surface area contributed by atoms with Gasteiger partial charge in [-0.05, 0) is 44.0 Å². The predicted octanol–water partition coefficient (Wildman–Crippen LogP) is 3.44. The summed E-state index contributed by atoms with van der Waals surface area (Å²) in [5.74, 6) is -0.528. The molecule has 1 aromatic heterocycles. The van der Waals surface area contributed by atoms with Crippen LogP contribution in [0.2, 0.25) is 0 Å². The van der Waals surface area contributed by atoms with Crippen molar-refractivity contribution in [3.05, 3.63) is 62.3 Å². The molecule has 4 rings (SSSR count). The van der Waals surface area contributed by atoms with E-state index in [1.54, 1.807) is 17.6 Å². The Morgan fingerprint density at radius 2 is 1.82 bits per heavy atom. The Balaban J connectivity index is 1.71. The minimum Gasteiger partial charge on any atom is -0.481 e. The van der Waals surface area contributed by atoms with Crippen LogP contribution in [0.4, 0.5) is 11.5 Å². The van der Waals surface area contributed by atoms with E-state index in [0.717, 1.165) is 30.5 Å². The summed E-state index contributed by atoms with van der Waals surface area (Å²) < 4.78 is 1.98. The van der Waals surface area contributed by atoms with E-state index in [0.29, 0.717) is 52.2 Å². The highest BCUT2D eigenvalue weighted by Crippen LogP contribution is 2.36. The molecule has 2 fully saturated rings. The molecule has 2 aliphatic heterocycles. The number of nitriles is 1. The number of aromatic nitrogens is 1. The SMILES string of the molecule is CCn1c(N2CCN(c3ccccc3)CC2)c(/C=C2\SC(=S)N(CCCC(=O)O)C2=O)c(C)c(C#N)c1=O. The van der Waals surface area contributed by atoms with Crippen LogP contribution in [0.3, 0.4) is 0 Å². The highest BCUT2D eigenvalue weighted by atomic mass is 32.2. The molecule has 9 nitrogen and oxygen atoms in total. The zero-order valence-corrected chi connectivity index (χ0v) is 23.0. The zero-order valence-electron chi connectivity index (χ0n) is 21.3. The maximum absolute atomic E-state index is 13.3. The first-order valence-corrected chi connectivity index (χ1v) is 13.7. The van der Waals surface area contributed by atoms with E-state index in [-0.39, 0.29) is 30.0 Å². The van der Waals surface area contributed by atoms with Crippen LogP contribution in [0.1, 0.15) is 36.5 Å². The number of carbonyl (C=O) groups is 2. The fraction of sp³-hybridized carbons (Fsp3) is 0.370. The van der Waals surface area contributed by atoms with Gasteiger partial charge in [-0.3, -0.25) is 23.9 Å². The molecular weight excluding hydrogens is 522 g/mol. The lowest BCUT2D eigenvalue weighted by Gasteiger charge is -2.39. The van der Waals surface area contributed by atoms with Gasteiger partial charge in [0.2, 0.25) is 0 Å². The van der Waals surface area contributed by atoms with Gasteiger partial charge in [-0.15, -0.1) is 0 Å². The van der Waals surface area contributed by atoms with Crippen molar-refractivity contribution in [2.75, 3.05) is 42.5 Å². The second kappa shape index (κ2) is 11.8. The Hall–Kier alpha value is -3.62. The van der Waals surface area contributed by atoms with Gasteiger partial charge < -0.3 is 14.9 Å². The third-order valence-corrected chi connectivity index (χ3v) is 8.16. The lowest BCUT2D eigenvalue weighted by atomic mass is 10.0. The molecule has 3 heterocycles. The maximum atomic E-state index is 13.3. The summed E-state index contributed by atoms with van der Waals surface area (Å²) in [6, 6.07) is 12.2. The molecule has 198 valence electrons. The maximum Gasteiger partial charge on any atom is 0.303 e. The van der Waals surface area contributed by atoms with E-state index in [4.69, 9.17) is 17.3 Å². The van der Waals surface area contributed by atoms with Gasteiger partial charge in [0.25, 0.3) is 11.5 Å². The molecule has 0 unspecified atom stereocenters. The first-order valence-electron chi connectivity index (χ1n) is 12.5. The molecule has 0 aliphatic carbocycles. The van der Waals surface area contributed by atoms with E-state index in [9.17, 15) is 19.6 Å². The van der Waals surface area contributed by atoms with Gasteiger partial charge in [0.15, 0.2) is 0 Å². The highest BCUT2D eigenvalue weighted by Gasteiger charge is 2.33. The first kappa shape index (κ1) is 27.4. The average molecular weight is 552 g/mol. The lowest BCUT2D eigenvalue weighted by molar-refractivity contribution is -0.137. The van der Waals surface area contributed by atoms with E-state index in [2.05, 4.69) is 28.0 Å². The first-order chi connectivity index (χ1) is 18.3. The van der Waals surface area contributed by atoms with Crippen LogP contribution >= 0.6 is 24.0 Å². The molecule has 1 amide bonds. The molecule has 0 bridgehead atoms. The van der Waals surface area contributed by atoms with Crippen molar-refractivity contribution >= 4 is 57.8 Å². The summed E-state index contributed by atoms with van der Waals surface area (Å²) in [5, 5.41) is 18.7. The Kier molecular flexibility index (Phi) is 8.54. The number of nitrogens with zero attached hydrogens (tertiary/aromatic N) is 5. The van der Waals surface area contributed by atoms with Gasteiger partial charge in [0.05, 0.1) is 4.91 Å². The summed E-state index contributed by atoms with van der Waals surface area (Å²) in [5.41, 5.74) is 2.04. The van der Waals surface area contributed by atoms with Gasteiger partial charge in [-0.2, -0.15) is 5.26 Å². The van der Waals surface area contributed by atoms with Crippen molar-refractivity contribution in [1.29, 1.82) is 5.26 Å². The largest absolute Gasteiger partial charge is 0.481 e. The van der Waals surface area contributed by atoms with E-state index in [1.807, 2.05) is 25.1 Å². The number of benzene rings is 1. The lowest BCUT2D eigenvalue weighted by Crippen LogP contribution is -2.48. The Morgan fingerprint density at radius 1 is 1.16 bits per heavy atom. The fourth-order valence-corrected chi connectivity index (χ4v) is 6.10. The topological polar surface area (TPSA) is 110 Å². The summed E-state index contributed by atoms with van der Waals surface area (Å²) in [4.78, 5) is 43.6. The number of thioether (sulfide) groups is 1. The molecule has 2 aromatic rings. The zero-order chi connectivity index (χ0) is 27.4. The van der Waals surface area contributed by atoms with E-state index in [1.165, 1.54) is 4.90 Å². The Morgan fingerprint density at radius 3 is 2.42 bits per heavy atom. The monoisotopic (exact) mass is 551 g/mol. The second-order valence-corrected chi connectivity index (χ2v) is 10.7. The second-order valence-electron chi connectivity index (χ2n) is 9.04. The number of carboxylic acids is 1. The number of anilines is 2. The Labute approximate surface area is 230 Å².